The van der Waals surface area contributed by atoms with Gasteiger partial charge >= 0.3 is 12.1 Å². The summed E-state index contributed by atoms with van der Waals surface area (Å²) in [5.74, 6) is 0.666. The predicted molar refractivity (Wildman–Crippen MR) is 184 cm³/mol. The molecule has 5 unspecified atom stereocenters. The Morgan fingerprint density at radius 3 is 1.94 bits per heavy atom. The Morgan fingerprint density at radius 2 is 1.40 bits per heavy atom. The standard InChI is InChI=1S/C38H53N3O6/c1-12-25(4)31(40-36(45)47-38(9,10)11)34(43)41(26(5)13-2)32(29-23-19-18-22-28(29)14-3)33(42)39-30(35(44)46-37(6,7)8)24-27-20-16-15-17-21-27/h3,15-23,25-26,30-32H,12-13,24H2,1-2,4-11H3,(H,39,42)(H,40,45). The van der Waals surface area contributed by atoms with Gasteiger partial charge < -0.3 is 25.0 Å². The highest BCUT2D eigenvalue weighted by Crippen LogP contribution is 2.30. The zero-order valence-electron chi connectivity index (χ0n) is 29.7. The van der Waals surface area contributed by atoms with E-state index in [0.717, 1.165) is 5.56 Å². The van der Waals surface area contributed by atoms with Gasteiger partial charge in [-0.15, -0.1) is 6.42 Å². The fourth-order valence-corrected chi connectivity index (χ4v) is 5.02. The number of carbonyl (C=O) groups is 4. The maximum atomic E-state index is 14.7. The number of amides is 3. The second-order valence-corrected chi connectivity index (χ2v) is 13.9. The van der Waals surface area contributed by atoms with E-state index < -0.39 is 59.2 Å². The van der Waals surface area contributed by atoms with Crippen LogP contribution in [0.3, 0.4) is 0 Å². The summed E-state index contributed by atoms with van der Waals surface area (Å²) in [4.78, 5) is 57.3. The summed E-state index contributed by atoms with van der Waals surface area (Å²) < 4.78 is 11.2. The molecule has 0 aromatic heterocycles. The third-order valence-electron chi connectivity index (χ3n) is 7.70. The van der Waals surface area contributed by atoms with Crippen LogP contribution < -0.4 is 10.6 Å². The SMILES string of the molecule is C#Cc1ccccc1C(C(=O)NC(Cc1ccccc1)C(=O)OC(C)(C)C)N(C(=O)C(NC(=O)OC(C)(C)C)C(C)CC)C(C)CC. The van der Waals surface area contributed by atoms with Crippen molar-refractivity contribution in [2.45, 2.75) is 124 Å². The molecule has 0 radical (unpaired) electrons. The Balaban J connectivity index is 2.72. The number of alkyl carbamates (subject to hydrolysis) is 1. The minimum atomic E-state index is -1.24. The number of rotatable bonds is 13. The predicted octanol–water partition coefficient (Wildman–Crippen LogP) is 6.34. The molecule has 2 aromatic rings. The lowest BCUT2D eigenvalue weighted by Crippen LogP contribution is -2.58. The largest absolute Gasteiger partial charge is 0.458 e. The molecule has 2 aromatic carbocycles. The van der Waals surface area contributed by atoms with E-state index in [1.807, 2.05) is 58.0 Å². The fourth-order valence-electron chi connectivity index (χ4n) is 5.02. The first-order valence-corrected chi connectivity index (χ1v) is 16.4. The van der Waals surface area contributed by atoms with Crippen molar-refractivity contribution >= 4 is 23.9 Å². The summed E-state index contributed by atoms with van der Waals surface area (Å²) in [5, 5.41) is 5.69. The normalized spacial score (nSPS) is 14.7. The van der Waals surface area contributed by atoms with Crippen LogP contribution in [0.25, 0.3) is 0 Å². The van der Waals surface area contributed by atoms with Crippen LogP contribution in [0.5, 0.6) is 0 Å². The molecular weight excluding hydrogens is 594 g/mol. The van der Waals surface area contributed by atoms with Crippen LogP contribution >= 0.6 is 0 Å². The van der Waals surface area contributed by atoms with Crippen molar-refractivity contribution in [3.63, 3.8) is 0 Å². The number of ether oxygens (including phenoxy) is 2. The molecule has 0 fully saturated rings. The van der Waals surface area contributed by atoms with Crippen LogP contribution in [0.4, 0.5) is 4.79 Å². The molecule has 2 rings (SSSR count). The fraction of sp³-hybridized carbons (Fsp3) is 0.526. The lowest BCUT2D eigenvalue weighted by atomic mass is 9.92. The van der Waals surface area contributed by atoms with Gasteiger partial charge in [0.15, 0.2) is 0 Å². The van der Waals surface area contributed by atoms with Gasteiger partial charge in [-0.3, -0.25) is 9.59 Å². The van der Waals surface area contributed by atoms with E-state index in [0.29, 0.717) is 24.0 Å². The minimum Gasteiger partial charge on any atom is -0.458 e. The van der Waals surface area contributed by atoms with Crippen molar-refractivity contribution in [1.29, 1.82) is 0 Å². The van der Waals surface area contributed by atoms with E-state index in [1.54, 1.807) is 65.8 Å². The average molecular weight is 648 g/mol. The van der Waals surface area contributed by atoms with E-state index in [9.17, 15) is 19.2 Å². The van der Waals surface area contributed by atoms with Crippen LogP contribution in [0.15, 0.2) is 54.6 Å². The van der Waals surface area contributed by atoms with Crippen LogP contribution in [-0.4, -0.2) is 58.1 Å². The Labute approximate surface area is 281 Å². The zero-order chi connectivity index (χ0) is 35.5. The van der Waals surface area contributed by atoms with Gasteiger partial charge in [0.1, 0.15) is 29.3 Å². The number of terminal acetylenes is 1. The van der Waals surface area contributed by atoms with Gasteiger partial charge in [-0.1, -0.05) is 81.6 Å². The second kappa shape index (κ2) is 17.0. The van der Waals surface area contributed by atoms with E-state index >= 15 is 0 Å². The molecule has 9 heteroatoms. The Morgan fingerprint density at radius 1 is 0.830 bits per heavy atom. The number of hydrogen-bond acceptors (Lipinski definition) is 6. The molecule has 0 aliphatic heterocycles. The maximum Gasteiger partial charge on any atom is 0.408 e. The molecule has 0 saturated heterocycles. The molecule has 0 aliphatic rings. The van der Waals surface area contributed by atoms with Crippen molar-refractivity contribution in [3.05, 3.63) is 71.3 Å². The summed E-state index contributed by atoms with van der Waals surface area (Å²) in [5.41, 5.74) is 0.0711. The molecule has 2 N–H and O–H groups in total. The minimum absolute atomic E-state index is 0.165. The van der Waals surface area contributed by atoms with Crippen molar-refractivity contribution < 1.29 is 28.7 Å². The third-order valence-corrected chi connectivity index (χ3v) is 7.70. The van der Waals surface area contributed by atoms with Crippen LogP contribution in [0.1, 0.15) is 105 Å². The van der Waals surface area contributed by atoms with Crippen molar-refractivity contribution in [2.24, 2.45) is 5.92 Å². The smallest absolute Gasteiger partial charge is 0.408 e. The van der Waals surface area contributed by atoms with Crippen molar-refractivity contribution in [3.8, 4) is 12.3 Å². The number of nitrogens with zero attached hydrogens (tertiary/aromatic N) is 1. The number of nitrogens with one attached hydrogen (secondary N) is 2. The van der Waals surface area contributed by atoms with Crippen molar-refractivity contribution in [1.82, 2.24) is 15.5 Å². The lowest BCUT2D eigenvalue weighted by molar-refractivity contribution is -0.159. The second-order valence-electron chi connectivity index (χ2n) is 13.9. The number of esters is 1. The summed E-state index contributed by atoms with van der Waals surface area (Å²) in [6, 6.07) is 12.4. The van der Waals surface area contributed by atoms with Gasteiger partial charge in [-0.2, -0.15) is 0 Å². The van der Waals surface area contributed by atoms with Gasteiger partial charge in [-0.25, -0.2) is 9.59 Å². The molecule has 0 spiro atoms. The van der Waals surface area contributed by atoms with Gasteiger partial charge in [0.05, 0.1) is 0 Å². The highest BCUT2D eigenvalue weighted by atomic mass is 16.6. The highest BCUT2D eigenvalue weighted by molar-refractivity contribution is 5.94. The summed E-state index contributed by atoms with van der Waals surface area (Å²) in [7, 11) is 0. The molecule has 0 aliphatic carbocycles. The van der Waals surface area contributed by atoms with E-state index in [-0.39, 0.29) is 12.3 Å². The van der Waals surface area contributed by atoms with Crippen LogP contribution in [0.2, 0.25) is 0 Å². The topological polar surface area (TPSA) is 114 Å². The molecule has 5 atom stereocenters. The van der Waals surface area contributed by atoms with Crippen LogP contribution in [-0.2, 0) is 30.3 Å². The first-order chi connectivity index (χ1) is 21.9. The summed E-state index contributed by atoms with van der Waals surface area (Å²) in [6.07, 6.45) is 6.40. The first-order valence-electron chi connectivity index (χ1n) is 16.4. The highest BCUT2D eigenvalue weighted by Gasteiger charge is 2.42. The number of carbonyl (C=O) groups excluding carboxylic acids is 4. The Kier molecular flexibility index (Phi) is 14.1. The third kappa shape index (κ3) is 11.8. The van der Waals surface area contributed by atoms with Gasteiger partial charge in [0.2, 0.25) is 11.8 Å². The Bertz CT molecular complexity index is 1400. The van der Waals surface area contributed by atoms with Crippen LogP contribution in [0, 0.1) is 18.3 Å². The van der Waals surface area contributed by atoms with Gasteiger partial charge in [-0.05, 0) is 78.0 Å². The van der Waals surface area contributed by atoms with Gasteiger partial charge in [0, 0.05) is 18.0 Å². The quantitative estimate of drug-likeness (QED) is 0.194. The molecule has 0 heterocycles. The molecule has 9 nitrogen and oxygen atoms in total. The molecular formula is C38H53N3O6. The maximum absolute atomic E-state index is 14.7. The molecule has 47 heavy (non-hydrogen) atoms. The Hall–Kier alpha value is -4.32. The van der Waals surface area contributed by atoms with E-state index in [2.05, 4.69) is 16.6 Å². The summed E-state index contributed by atoms with van der Waals surface area (Å²) in [6.45, 7) is 18.0. The van der Waals surface area contributed by atoms with Gasteiger partial charge in [0.25, 0.3) is 0 Å². The lowest BCUT2D eigenvalue weighted by Gasteiger charge is -2.40. The van der Waals surface area contributed by atoms with Crippen molar-refractivity contribution in [2.75, 3.05) is 0 Å². The van der Waals surface area contributed by atoms with E-state index in [4.69, 9.17) is 15.9 Å². The molecule has 0 bridgehead atoms. The summed E-state index contributed by atoms with van der Waals surface area (Å²) >= 11 is 0. The number of benzene rings is 2. The first kappa shape index (κ1) is 38.9. The molecule has 256 valence electrons. The monoisotopic (exact) mass is 647 g/mol. The average Bonchev–Trinajstić information content (AvgIpc) is 2.99. The zero-order valence-corrected chi connectivity index (χ0v) is 29.7. The molecule has 3 amide bonds. The van der Waals surface area contributed by atoms with E-state index in [1.165, 1.54) is 4.90 Å². The number of hydrogen-bond donors (Lipinski definition) is 2. The molecule has 0 saturated carbocycles.